The number of anilines is 1. The fraction of sp³-hybridized carbons (Fsp3) is 0.500. The number of benzene rings is 1. The van der Waals surface area contributed by atoms with E-state index in [0.717, 1.165) is 35.4 Å². The lowest BCUT2D eigenvalue weighted by molar-refractivity contribution is -0.185. The van der Waals surface area contributed by atoms with Gasteiger partial charge in [0.25, 0.3) is 5.56 Å². The third-order valence-electron chi connectivity index (χ3n) is 7.32. The number of pyridine rings is 1. The van der Waals surface area contributed by atoms with Crippen LogP contribution in [0.3, 0.4) is 0 Å². The maximum Gasteiger partial charge on any atom is 0.252 e. The Kier molecular flexibility index (Phi) is 5.30. The maximum atomic E-state index is 14.1. The summed E-state index contributed by atoms with van der Waals surface area (Å²) in [6.07, 6.45) is 1.68. The fourth-order valence-corrected chi connectivity index (χ4v) is 5.31. The zero-order chi connectivity index (χ0) is 23.5. The van der Waals surface area contributed by atoms with Gasteiger partial charge in [-0.3, -0.25) is 14.8 Å². The van der Waals surface area contributed by atoms with Crippen LogP contribution in [0.1, 0.15) is 37.9 Å². The number of halogens is 1. The van der Waals surface area contributed by atoms with E-state index in [2.05, 4.69) is 40.8 Å². The van der Waals surface area contributed by atoms with Crippen LogP contribution >= 0.6 is 0 Å². The van der Waals surface area contributed by atoms with Crippen molar-refractivity contribution in [3.05, 3.63) is 57.8 Å². The summed E-state index contributed by atoms with van der Waals surface area (Å²) in [5.74, 6) is -0.359. The molecule has 2 aliphatic heterocycles. The summed E-state index contributed by atoms with van der Waals surface area (Å²) in [5.41, 5.74) is 2.81. The van der Waals surface area contributed by atoms with Crippen LogP contribution in [0.15, 0.2) is 35.3 Å². The Labute approximate surface area is 191 Å². The molecule has 176 valence electrons. The molecule has 1 aromatic carbocycles. The van der Waals surface area contributed by atoms with Crippen LogP contribution in [0.2, 0.25) is 0 Å². The molecule has 0 spiro atoms. The van der Waals surface area contributed by atoms with Gasteiger partial charge in [-0.2, -0.15) is 5.10 Å². The van der Waals surface area contributed by atoms with E-state index in [-0.39, 0.29) is 42.7 Å². The lowest BCUT2D eigenvalue weighted by Crippen LogP contribution is -2.57. The van der Waals surface area contributed by atoms with Gasteiger partial charge in [-0.15, -0.1) is 0 Å². The van der Waals surface area contributed by atoms with Crippen LogP contribution in [-0.2, 0) is 17.4 Å². The van der Waals surface area contributed by atoms with E-state index in [1.807, 2.05) is 0 Å². The predicted molar refractivity (Wildman–Crippen MR) is 124 cm³/mol. The molecular formula is C24H30FN5O3. The second kappa shape index (κ2) is 7.93. The van der Waals surface area contributed by atoms with Crippen molar-refractivity contribution in [3.63, 3.8) is 0 Å². The first-order valence-electron chi connectivity index (χ1n) is 11.3. The average molecular weight is 456 g/mol. The summed E-state index contributed by atoms with van der Waals surface area (Å²) in [7, 11) is 1.75. The quantitative estimate of drug-likeness (QED) is 0.628. The molecule has 2 fully saturated rings. The van der Waals surface area contributed by atoms with Gasteiger partial charge in [0.1, 0.15) is 16.9 Å². The molecule has 2 aromatic heterocycles. The van der Waals surface area contributed by atoms with Crippen LogP contribution < -0.4 is 10.5 Å². The van der Waals surface area contributed by atoms with Crippen LogP contribution in [0.5, 0.6) is 0 Å². The number of ether oxygens (including phenoxy) is 1. The summed E-state index contributed by atoms with van der Waals surface area (Å²) in [4.78, 5) is 17.2. The molecule has 2 N–H and O–H groups in total. The molecule has 5 rings (SSSR count). The van der Waals surface area contributed by atoms with Crippen LogP contribution in [0.25, 0.3) is 11.0 Å². The van der Waals surface area contributed by atoms with Crippen LogP contribution in [0, 0.1) is 5.82 Å². The van der Waals surface area contributed by atoms with Crippen molar-refractivity contribution in [1.82, 2.24) is 19.7 Å². The number of nitrogens with zero attached hydrogens (tertiary/aromatic N) is 4. The molecule has 4 heterocycles. The Bertz CT molecular complexity index is 1250. The normalized spacial score (nSPS) is 24.1. The highest BCUT2D eigenvalue weighted by atomic mass is 19.1. The summed E-state index contributed by atoms with van der Waals surface area (Å²) in [6.45, 7) is 8.23. The number of piperazine rings is 1. The first kappa shape index (κ1) is 22.1. The topological polar surface area (TPSA) is 86.6 Å². The Hall–Kier alpha value is -2.75. The molecule has 1 unspecified atom stereocenters. The number of nitrogens with one attached hydrogen (secondary N) is 1. The minimum absolute atomic E-state index is 0.0272. The molecule has 2 aliphatic rings. The average Bonchev–Trinajstić information content (AvgIpc) is 3.26. The molecular weight excluding hydrogens is 425 g/mol. The number of hydrogen-bond acceptors (Lipinski definition) is 6. The fourth-order valence-electron chi connectivity index (χ4n) is 5.31. The van der Waals surface area contributed by atoms with Gasteiger partial charge in [-0.1, -0.05) is 6.07 Å². The number of rotatable bonds is 4. The number of aliphatic hydroxyl groups is 1. The van der Waals surface area contributed by atoms with Crippen molar-refractivity contribution in [2.75, 3.05) is 31.2 Å². The van der Waals surface area contributed by atoms with Gasteiger partial charge in [-0.25, -0.2) is 4.39 Å². The van der Waals surface area contributed by atoms with Gasteiger partial charge in [0, 0.05) is 44.3 Å². The predicted octanol–water partition coefficient (Wildman–Crippen LogP) is 2.28. The Morgan fingerprint density at radius 2 is 2.00 bits per heavy atom. The molecule has 9 heteroatoms. The van der Waals surface area contributed by atoms with E-state index in [1.165, 1.54) is 12.1 Å². The first-order chi connectivity index (χ1) is 15.7. The molecule has 3 aromatic rings. The molecule has 2 saturated heterocycles. The molecule has 33 heavy (non-hydrogen) atoms. The SMILES string of the molecule is CC(c1ccc(F)cc1C1(O)COC1)N1C[C@H](C)N(c2cc(=O)n(C)c3cn[nH]c23)C[C@H]1C. The Morgan fingerprint density at radius 1 is 1.24 bits per heavy atom. The maximum absolute atomic E-state index is 14.1. The highest BCUT2D eigenvalue weighted by molar-refractivity contribution is 5.88. The second-order valence-corrected chi connectivity index (χ2v) is 9.54. The Balaban J connectivity index is 1.45. The summed E-state index contributed by atoms with van der Waals surface area (Å²) < 4.78 is 20.9. The van der Waals surface area contributed by atoms with Crippen molar-refractivity contribution < 1.29 is 14.2 Å². The number of H-pyrrole nitrogens is 1. The van der Waals surface area contributed by atoms with Gasteiger partial charge in [-0.05, 0) is 44.0 Å². The highest BCUT2D eigenvalue weighted by Gasteiger charge is 2.42. The van der Waals surface area contributed by atoms with E-state index < -0.39 is 5.60 Å². The van der Waals surface area contributed by atoms with Crippen molar-refractivity contribution in [1.29, 1.82) is 0 Å². The molecule has 0 bridgehead atoms. The molecule has 0 amide bonds. The van der Waals surface area contributed by atoms with E-state index in [0.29, 0.717) is 5.56 Å². The number of aryl methyl sites for hydroxylation is 1. The summed E-state index contributed by atoms with van der Waals surface area (Å²) >= 11 is 0. The van der Waals surface area contributed by atoms with Crippen LogP contribution in [-0.4, -0.2) is 63.2 Å². The summed E-state index contributed by atoms with van der Waals surface area (Å²) in [5, 5.41) is 18.1. The van der Waals surface area contributed by atoms with Crippen molar-refractivity contribution in [3.8, 4) is 0 Å². The standard InChI is InChI=1S/C24H30FN5O3/c1-14-11-30(20-8-22(31)28(4)21-9-26-27-23(20)21)15(2)10-29(14)16(3)18-6-5-17(25)7-19(18)24(32)12-33-13-24/h5-9,14-16,32H,10-13H2,1-4H3,(H,26,27)/t14-,15+,16?/m1/s1. The minimum Gasteiger partial charge on any atom is -0.380 e. The minimum atomic E-state index is -1.14. The van der Waals surface area contributed by atoms with E-state index in [9.17, 15) is 14.3 Å². The van der Waals surface area contributed by atoms with Crippen molar-refractivity contribution >= 4 is 16.7 Å². The van der Waals surface area contributed by atoms with Gasteiger partial charge in [0.15, 0.2) is 0 Å². The lowest BCUT2D eigenvalue weighted by Gasteiger charge is -2.48. The van der Waals surface area contributed by atoms with Gasteiger partial charge in [0.2, 0.25) is 0 Å². The number of aromatic amines is 1. The third kappa shape index (κ3) is 3.55. The van der Waals surface area contributed by atoms with Gasteiger partial charge >= 0.3 is 0 Å². The number of fused-ring (bicyclic) bond motifs is 1. The van der Waals surface area contributed by atoms with Crippen LogP contribution in [0.4, 0.5) is 10.1 Å². The molecule has 0 radical (unpaired) electrons. The third-order valence-corrected chi connectivity index (χ3v) is 7.32. The van der Waals surface area contributed by atoms with E-state index >= 15 is 0 Å². The molecule has 0 saturated carbocycles. The highest BCUT2D eigenvalue weighted by Crippen LogP contribution is 2.38. The van der Waals surface area contributed by atoms with Gasteiger partial charge in [0.05, 0.1) is 30.6 Å². The largest absolute Gasteiger partial charge is 0.380 e. The Morgan fingerprint density at radius 3 is 2.70 bits per heavy atom. The zero-order valence-corrected chi connectivity index (χ0v) is 19.4. The number of hydrogen-bond donors (Lipinski definition) is 2. The van der Waals surface area contributed by atoms with Crippen molar-refractivity contribution in [2.24, 2.45) is 7.05 Å². The van der Waals surface area contributed by atoms with Gasteiger partial charge < -0.3 is 19.3 Å². The first-order valence-corrected chi connectivity index (χ1v) is 11.3. The second-order valence-electron chi connectivity index (χ2n) is 9.54. The monoisotopic (exact) mass is 455 g/mol. The smallest absolute Gasteiger partial charge is 0.252 e. The van der Waals surface area contributed by atoms with E-state index in [4.69, 9.17) is 4.74 Å². The number of aromatic nitrogens is 3. The lowest BCUT2D eigenvalue weighted by atomic mass is 9.85. The molecule has 0 aliphatic carbocycles. The zero-order valence-electron chi connectivity index (χ0n) is 19.4. The van der Waals surface area contributed by atoms with E-state index in [1.54, 1.807) is 29.9 Å². The molecule has 8 nitrogen and oxygen atoms in total. The van der Waals surface area contributed by atoms with Crippen molar-refractivity contribution in [2.45, 2.75) is 44.5 Å². The molecule has 3 atom stereocenters. The summed E-state index contributed by atoms with van der Waals surface area (Å²) in [6, 6.07) is 6.60.